The first-order valence-corrected chi connectivity index (χ1v) is 11.5. The monoisotopic (exact) mass is 449 g/mol. The van der Waals surface area contributed by atoms with E-state index in [1.165, 1.54) is 0 Å². The zero-order valence-electron chi connectivity index (χ0n) is 18.7. The van der Waals surface area contributed by atoms with Crippen molar-refractivity contribution in [3.8, 4) is 5.75 Å². The Morgan fingerprint density at radius 3 is 2.64 bits per heavy atom. The van der Waals surface area contributed by atoms with Crippen LogP contribution in [0.4, 0.5) is 0 Å². The van der Waals surface area contributed by atoms with Crippen molar-refractivity contribution in [3.63, 3.8) is 0 Å². The molecule has 4 N–H and O–H groups in total. The Balaban J connectivity index is 1.43. The van der Waals surface area contributed by atoms with Gasteiger partial charge >= 0.3 is 0 Å². The number of para-hydroxylation sites is 1. The second-order valence-corrected chi connectivity index (χ2v) is 8.54. The van der Waals surface area contributed by atoms with Crippen molar-refractivity contribution in [3.05, 3.63) is 65.7 Å². The lowest BCUT2D eigenvalue weighted by atomic mass is 10.0. The van der Waals surface area contributed by atoms with Gasteiger partial charge in [-0.25, -0.2) is 0 Å². The topological polar surface area (TPSA) is 109 Å². The number of hydrogen-bond acceptors (Lipinski definition) is 6. The average Bonchev–Trinajstić information content (AvgIpc) is 3.28. The summed E-state index contributed by atoms with van der Waals surface area (Å²) < 4.78 is 6.11. The maximum Gasteiger partial charge on any atom is 0.243 e. The zero-order valence-corrected chi connectivity index (χ0v) is 18.7. The number of nitrogens with two attached hydrogens (primary N) is 1. The van der Waals surface area contributed by atoms with Gasteiger partial charge in [-0.05, 0) is 42.6 Å². The summed E-state index contributed by atoms with van der Waals surface area (Å²) in [7, 11) is 0. The van der Waals surface area contributed by atoms with Crippen molar-refractivity contribution in [2.75, 3.05) is 13.1 Å². The van der Waals surface area contributed by atoms with Crippen LogP contribution >= 0.6 is 0 Å². The van der Waals surface area contributed by atoms with Gasteiger partial charge in [0.1, 0.15) is 17.9 Å². The van der Waals surface area contributed by atoms with Gasteiger partial charge in [0.05, 0.1) is 18.8 Å². The van der Waals surface area contributed by atoms with Crippen LogP contribution in [0.2, 0.25) is 0 Å². The molecular weight excluding hydrogens is 418 g/mol. The molecular formula is C25H31N5O3. The molecule has 0 spiro atoms. The number of hydrazone groups is 1. The second kappa shape index (κ2) is 11.0. The van der Waals surface area contributed by atoms with Crippen molar-refractivity contribution in [1.82, 2.24) is 15.5 Å². The lowest BCUT2D eigenvalue weighted by Crippen LogP contribution is -2.53. The number of likely N-dealkylation sites (tertiary alicyclic amines) is 1. The van der Waals surface area contributed by atoms with Crippen LogP contribution in [0.25, 0.3) is 0 Å². The van der Waals surface area contributed by atoms with Crippen LogP contribution in [0.5, 0.6) is 5.75 Å². The predicted molar refractivity (Wildman–Crippen MR) is 127 cm³/mol. The maximum absolute atomic E-state index is 13.3. The Kier molecular flexibility index (Phi) is 7.57. The number of benzene rings is 2. The third kappa shape index (κ3) is 5.90. The van der Waals surface area contributed by atoms with Crippen LogP contribution < -0.4 is 21.2 Å². The van der Waals surface area contributed by atoms with E-state index in [1.807, 2.05) is 54.6 Å². The molecule has 8 heteroatoms. The fraction of sp³-hybridized carbons (Fsp3) is 0.400. The summed E-state index contributed by atoms with van der Waals surface area (Å²) in [5.74, 6) is 5.75. The van der Waals surface area contributed by atoms with Crippen LogP contribution in [0.3, 0.4) is 0 Å². The van der Waals surface area contributed by atoms with Crippen LogP contribution in [-0.2, 0) is 16.1 Å². The van der Waals surface area contributed by atoms with E-state index in [0.29, 0.717) is 19.5 Å². The summed E-state index contributed by atoms with van der Waals surface area (Å²) in [6.07, 6.45) is 4.69. The molecule has 2 aromatic carbocycles. The third-order valence-electron chi connectivity index (χ3n) is 6.17. The summed E-state index contributed by atoms with van der Waals surface area (Å²) in [4.78, 5) is 28.2. The standard InChI is InChI=1S/C25H31N5O3/c26-29-16-19-11-9-18(10-12-19)15-28-24(31)23-14-21(33-20-6-2-1-3-7-20)17-30(23)25(32)22-8-4-5-13-27-22/h1-3,6-7,9-12,16,21-23,27H,4-5,8,13-15,17,26H2,(H,28,31)/t21?,22-,23+/m1/s1. The van der Waals surface area contributed by atoms with Crippen LogP contribution in [0.15, 0.2) is 59.7 Å². The number of rotatable bonds is 7. The van der Waals surface area contributed by atoms with Crippen molar-refractivity contribution < 1.29 is 14.3 Å². The lowest BCUT2D eigenvalue weighted by molar-refractivity contribution is -0.140. The smallest absolute Gasteiger partial charge is 0.243 e. The molecule has 174 valence electrons. The van der Waals surface area contributed by atoms with E-state index in [0.717, 1.165) is 42.7 Å². The molecule has 0 radical (unpaired) electrons. The van der Waals surface area contributed by atoms with Gasteiger partial charge in [-0.3, -0.25) is 9.59 Å². The summed E-state index contributed by atoms with van der Waals surface area (Å²) in [5, 5.41) is 9.82. The van der Waals surface area contributed by atoms with Crippen LogP contribution in [0.1, 0.15) is 36.8 Å². The molecule has 2 fully saturated rings. The molecule has 0 aromatic heterocycles. The molecule has 8 nitrogen and oxygen atoms in total. The maximum atomic E-state index is 13.3. The highest BCUT2D eigenvalue weighted by molar-refractivity contribution is 5.90. The molecule has 3 atom stereocenters. The molecule has 2 saturated heterocycles. The molecule has 33 heavy (non-hydrogen) atoms. The Morgan fingerprint density at radius 1 is 1.15 bits per heavy atom. The van der Waals surface area contributed by atoms with Gasteiger partial charge in [0.25, 0.3) is 0 Å². The van der Waals surface area contributed by atoms with Gasteiger partial charge in [0.15, 0.2) is 0 Å². The van der Waals surface area contributed by atoms with Gasteiger partial charge in [-0.1, -0.05) is 48.9 Å². The van der Waals surface area contributed by atoms with Gasteiger partial charge < -0.3 is 26.1 Å². The minimum absolute atomic E-state index is 0.0144. The normalized spacial score (nSPS) is 22.9. The Hall–Kier alpha value is -3.39. The Labute approximate surface area is 194 Å². The molecule has 2 amide bonds. The molecule has 0 bridgehead atoms. The summed E-state index contributed by atoms with van der Waals surface area (Å²) in [5.41, 5.74) is 1.85. The first-order valence-electron chi connectivity index (χ1n) is 11.5. The first kappa shape index (κ1) is 22.8. The number of carbonyl (C=O) groups is 2. The molecule has 2 aliphatic heterocycles. The molecule has 0 saturated carbocycles. The average molecular weight is 450 g/mol. The molecule has 2 aromatic rings. The number of ether oxygens (including phenoxy) is 1. The molecule has 2 heterocycles. The minimum atomic E-state index is -0.557. The van der Waals surface area contributed by atoms with Crippen molar-refractivity contribution >= 4 is 18.0 Å². The van der Waals surface area contributed by atoms with Crippen molar-refractivity contribution in [2.24, 2.45) is 10.9 Å². The second-order valence-electron chi connectivity index (χ2n) is 8.54. The predicted octanol–water partition coefficient (Wildman–Crippen LogP) is 1.79. The fourth-order valence-electron chi connectivity index (χ4n) is 4.44. The highest BCUT2D eigenvalue weighted by Gasteiger charge is 2.42. The minimum Gasteiger partial charge on any atom is -0.488 e. The van der Waals surface area contributed by atoms with Crippen molar-refractivity contribution in [2.45, 2.75) is 50.4 Å². The van der Waals surface area contributed by atoms with E-state index in [2.05, 4.69) is 15.7 Å². The quantitative estimate of drug-likeness (QED) is 0.339. The van der Waals surface area contributed by atoms with Crippen LogP contribution in [0, 0.1) is 0 Å². The number of hydrogen-bond donors (Lipinski definition) is 3. The van der Waals surface area contributed by atoms with E-state index in [9.17, 15) is 9.59 Å². The van der Waals surface area contributed by atoms with Gasteiger partial charge in [0, 0.05) is 13.0 Å². The molecule has 4 rings (SSSR count). The molecule has 2 aliphatic rings. The summed E-state index contributed by atoms with van der Waals surface area (Å²) in [6.45, 7) is 1.61. The Morgan fingerprint density at radius 2 is 1.94 bits per heavy atom. The summed E-state index contributed by atoms with van der Waals surface area (Å²) in [6, 6.07) is 16.4. The SMILES string of the molecule is NN=Cc1ccc(CNC(=O)[C@@H]2CC(Oc3ccccc3)CN2C(=O)[C@H]2CCCCN2)cc1. The number of amides is 2. The van der Waals surface area contributed by atoms with E-state index >= 15 is 0 Å². The van der Waals surface area contributed by atoms with Gasteiger partial charge in [-0.15, -0.1) is 0 Å². The number of piperidine rings is 1. The largest absolute Gasteiger partial charge is 0.488 e. The first-order chi connectivity index (χ1) is 16.1. The van der Waals surface area contributed by atoms with E-state index < -0.39 is 6.04 Å². The van der Waals surface area contributed by atoms with E-state index in [-0.39, 0.29) is 24.0 Å². The van der Waals surface area contributed by atoms with Crippen LogP contribution in [-0.4, -0.2) is 54.2 Å². The fourth-order valence-corrected chi connectivity index (χ4v) is 4.44. The van der Waals surface area contributed by atoms with Crippen molar-refractivity contribution in [1.29, 1.82) is 0 Å². The highest BCUT2D eigenvalue weighted by Crippen LogP contribution is 2.25. The zero-order chi connectivity index (χ0) is 23.0. The van der Waals surface area contributed by atoms with E-state index in [1.54, 1.807) is 11.1 Å². The van der Waals surface area contributed by atoms with E-state index in [4.69, 9.17) is 10.6 Å². The molecule has 1 unspecified atom stereocenters. The Bertz CT molecular complexity index is 958. The van der Waals surface area contributed by atoms with Gasteiger partial charge in [0.2, 0.25) is 11.8 Å². The molecule has 0 aliphatic carbocycles. The summed E-state index contributed by atoms with van der Waals surface area (Å²) >= 11 is 0. The highest BCUT2D eigenvalue weighted by atomic mass is 16.5. The number of nitrogens with zero attached hydrogens (tertiary/aromatic N) is 2. The lowest BCUT2D eigenvalue weighted by Gasteiger charge is -2.30. The van der Waals surface area contributed by atoms with Gasteiger partial charge in [-0.2, -0.15) is 5.10 Å². The number of nitrogens with one attached hydrogen (secondary N) is 2. The number of carbonyl (C=O) groups excluding carboxylic acids is 2. The third-order valence-corrected chi connectivity index (χ3v) is 6.17.